The fourth-order valence-electron chi connectivity index (χ4n) is 0.691. The summed E-state index contributed by atoms with van der Waals surface area (Å²) in [6, 6.07) is 0. The highest BCUT2D eigenvalue weighted by Gasteiger charge is 2.19. The van der Waals surface area contributed by atoms with Gasteiger partial charge in [-0.3, -0.25) is 0 Å². The minimum Gasteiger partial charge on any atom is -0.394 e. The van der Waals surface area contributed by atoms with E-state index in [1.165, 1.54) is 0 Å². The number of ether oxygens (including phenoxy) is 3. The normalized spacial score (nSPS) is 19.6. The van der Waals surface area contributed by atoms with E-state index in [-0.39, 0.29) is 19.0 Å². The number of rotatable bonds is 5. The van der Waals surface area contributed by atoms with Crippen LogP contribution in [-0.4, -0.2) is 43.9 Å². The van der Waals surface area contributed by atoms with Crippen molar-refractivity contribution in [3.63, 3.8) is 0 Å². The van der Waals surface area contributed by atoms with Crippen LogP contribution in [0.1, 0.15) is 20.8 Å². The lowest BCUT2D eigenvalue weighted by atomic mass is 10.5. The lowest BCUT2D eigenvalue weighted by Gasteiger charge is -2.09. The van der Waals surface area contributed by atoms with E-state index >= 15 is 0 Å². The highest BCUT2D eigenvalue weighted by molar-refractivity contribution is 4.65. The van der Waals surface area contributed by atoms with E-state index in [0.29, 0.717) is 0 Å². The molecule has 1 aliphatic heterocycles. The van der Waals surface area contributed by atoms with E-state index in [9.17, 15) is 0 Å². The van der Waals surface area contributed by atoms with Crippen LogP contribution in [0.3, 0.4) is 0 Å². The second-order valence-corrected chi connectivity index (χ2v) is 2.62. The third-order valence-corrected chi connectivity index (χ3v) is 1.41. The van der Waals surface area contributed by atoms with E-state index in [1.807, 2.05) is 20.8 Å². The zero-order valence-electron chi connectivity index (χ0n) is 8.66. The second kappa shape index (κ2) is 8.44. The Bertz CT molecular complexity index is 97.8. The molecular formula is C9H20O4. The maximum atomic E-state index is 8.08. The van der Waals surface area contributed by atoms with E-state index in [0.717, 1.165) is 19.8 Å². The van der Waals surface area contributed by atoms with Gasteiger partial charge in [0.25, 0.3) is 0 Å². The average molecular weight is 192 g/mol. The lowest BCUT2D eigenvalue weighted by molar-refractivity contribution is -0.123. The summed E-state index contributed by atoms with van der Waals surface area (Å²) in [4.78, 5) is 0. The van der Waals surface area contributed by atoms with Gasteiger partial charge in [-0.2, -0.15) is 0 Å². The Morgan fingerprint density at radius 3 is 2.00 bits per heavy atom. The van der Waals surface area contributed by atoms with Gasteiger partial charge in [0.05, 0.1) is 13.2 Å². The molecule has 0 spiro atoms. The van der Waals surface area contributed by atoms with Crippen LogP contribution in [0.2, 0.25) is 0 Å². The van der Waals surface area contributed by atoms with Crippen molar-refractivity contribution in [3.8, 4) is 0 Å². The predicted molar refractivity (Wildman–Crippen MR) is 49.5 cm³/mol. The molecule has 1 atom stereocenters. The van der Waals surface area contributed by atoms with Gasteiger partial charge < -0.3 is 19.3 Å². The van der Waals surface area contributed by atoms with Crippen molar-refractivity contribution in [1.29, 1.82) is 0 Å². The van der Waals surface area contributed by atoms with Gasteiger partial charge in [0.1, 0.15) is 6.10 Å². The average Bonchev–Trinajstić information content (AvgIpc) is 2.88. The largest absolute Gasteiger partial charge is 0.394 e. The van der Waals surface area contributed by atoms with Crippen molar-refractivity contribution in [2.45, 2.75) is 33.2 Å². The number of hydrogen-bond acceptors (Lipinski definition) is 4. The molecule has 0 saturated carbocycles. The zero-order chi connectivity index (χ0) is 10.1. The summed E-state index contributed by atoms with van der Waals surface area (Å²) in [7, 11) is 0. The fraction of sp³-hybridized carbons (Fsp3) is 1.00. The summed E-state index contributed by atoms with van der Waals surface area (Å²) in [5.74, 6) is 0. The molecule has 0 aromatic heterocycles. The van der Waals surface area contributed by atoms with E-state index in [2.05, 4.69) is 4.74 Å². The standard InChI is InChI=1S/C6H14O2.C3H6O2/c1-4-7-6(3)8-5-2;4-1-3-2-5-3/h6H,4-5H2,1-3H3;3-4H,1-2H2. The minimum atomic E-state index is -0.0370. The molecule has 1 N–H and O–H groups in total. The van der Waals surface area contributed by atoms with Gasteiger partial charge in [0.2, 0.25) is 0 Å². The number of hydrogen-bond donors (Lipinski definition) is 1. The van der Waals surface area contributed by atoms with Crippen LogP contribution in [0.25, 0.3) is 0 Å². The van der Waals surface area contributed by atoms with Crippen molar-refractivity contribution in [2.75, 3.05) is 26.4 Å². The minimum absolute atomic E-state index is 0.0370. The molecule has 0 bridgehead atoms. The zero-order valence-corrected chi connectivity index (χ0v) is 8.66. The second-order valence-electron chi connectivity index (χ2n) is 2.62. The Labute approximate surface area is 79.8 Å². The van der Waals surface area contributed by atoms with Crippen molar-refractivity contribution >= 4 is 0 Å². The maximum Gasteiger partial charge on any atom is 0.154 e. The summed E-state index contributed by atoms with van der Waals surface area (Å²) in [5.41, 5.74) is 0. The smallest absolute Gasteiger partial charge is 0.154 e. The summed E-state index contributed by atoms with van der Waals surface area (Å²) in [5, 5.41) is 8.08. The van der Waals surface area contributed by atoms with Crippen LogP contribution >= 0.6 is 0 Å². The molecule has 1 unspecified atom stereocenters. The number of aliphatic hydroxyl groups excluding tert-OH is 1. The lowest BCUT2D eigenvalue weighted by Crippen LogP contribution is -2.11. The van der Waals surface area contributed by atoms with Gasteiger partial charge in [-0.15, -0.1) is 0 Å². The Morgan fingerprint density at radius 2 is 1.85 bits per heavy atom. The molecular weight excluding hydrogens is 172 g/mol. The molecule has 1 aliphatic rings. The van der Waals surface area contributed by atoms with Crippen LogP contribution in [0.15, 0.2) is 0 Å². The highest BCUT2D eigenvalue weighted by Crippen LogP contribution is 2.04. The molecule has 0 radical (unpaired) electrons. The molecule has 0 aromatic rings. The maximum absolute atomic E-state index is 8.08. The summed E-state index contributed by atoms with van der Waals surface area (Å²) < 4.78 is 14.7. The first-order chi connectivity index (χ1) is 6.24. The van der Waals surface area contributed by atoms with Gasteiger partial charge in [-0.25, -0.2) is 0 Å². The topological polar surface area (TPSA) is 51.2 Å². The molecule has 1 saturated heterocycles. The molecule has 4 nitrogen and oxygen atoms in total. The Balaban J connectivity index is 0.000000243. The van der Waals surface area contributed by atoms with Crippen LogP contribution in [-0.2, 0) is 14.2 Å². The van der Waals surface area contributed by atoms with Crippen LogP contribution in [0.5, 0.6) is 0 Å². The first kappa shape index (κ1) is 12.8. The molecule has 4 heteroatoms. The SMILES string of the molecule is CCOC(C)OCC.OCC1CO1. The van der Waals surface area contributed by atoms with E-state index in [4.69, 9.17) is 14.6 Å². The molecule has 1 fully saturated rings. The quantitative estimate of drug-likeness (QED) is 0.516. The van der Waals surface area contributed by atoms with Crippen molar-refractivity contribution in [1.82, 2.24) is 0 Å². The Hall–Kier alpha value is -0.160. The Kier molecular flexibility index (Phi) is 8.33. The van der Waals surface area contributed by atoms with Gasteiger partial charge in [-0.05, 0) is 20.8 Å². The molecule has 0 aromatic carbocycles. The predicted octanol–water partition coefficient (Wildman–Crippen LogP) is 0.783. The molecule has 1 rings (SSSR count). The molecule has 0 aliphatic carbocycles. The van der Waals surface area contributed by atoms with Crippen molar-refractivity contribution in [2.24, 2.45) is 0 Å². The summed E-state index contributed by atoms with van der Waals surface area (Å²) >= 11 is 0. The van der Waals surface area contributed by atoms with Crippen LogP contribution in [0.4, 0.5) is 0 Å². The van der Waals surface area contributed by atoms with Gasteiger partial charge >= 0.3 is 0 Å². The van der Waals surface area contributed by atoms with Crippen LogP contribution in [0, 0.1) is 0 Å². The number of aliphatic hydroxyl groups is 1. The monoisotopic (exact) mass is 192 g/mol. The molecule has 1 heterocycles. The van der Waals surface area contributed by atoms with Gasteiger partial charge in [-0.1, -0.05) is 0 Å². The van der Waals surface area contributed by atoms with Gasteiger partial charge in [0.15, 0.2) is 6.29 Å². The summed E-state index contributed by atoms with van der Waals surface area (Å²) in [6.45, 7) is 8.21. The first-order valence-electron chi connectivity index (χ1n) is 4.70. The van der Waals surface area contributed by atoms with E-state index in [1.54, 1.807) is 0 Å². The molecule has 80 valence electrons. The van der Waals surface area contributed by atoms with Gasteiger partial charge in [0, 0.05) is 13.2 Å². The Morgan fingerprint density at radius 1 is 1.38 bits per heavy atom. The van der Waals surface area contributed by atoms with E-state index < -0.39 is 0 Å². The molecule has 13 heavy (non-hydrogen) atoms. The first-order valence-corrected chi connectivity index (χ1v) is 4.70. The fourth-order valence-corrected chi connectivity index (χ4v) is 0.691. The van der Waals surface area contributed by atoms with Crippen molar-refractivity contribution < 1.29 is 19.3 Å². The highest BCUT2D eigenvalue weighted by atomic mass is 16.7. The number of epoxide rings is 1. The molecule has 0 amide bonds. The third kappa shape index (κ3) is 9.76. The summed E-state index contributed by atoms with van der Waals surface area (Å²) in [6.07, 6.45) is 0.153. The third-order valence-electron chi connectivity index (χ3n) is 1.41. The van der Waals surface area contributed by atoms with Crippen molar-refractivity contribution in [3.05, 3.63) is 0 Å². The van der Waals surface area contributed by atoms with Crippen LogP contribution < -0.4 is 0 Å².